The number of hydrogen-bond donors (Lipinski definition) is 1. The SMILES string of the molecule is CCOc1cc(CN)nc2cc(Cl)ccc12. The normalized spacial score (nSPS) is 10.7. The fraction of sp³-hybridized carbons (Fsp3) is 0.250. The second kappa shape index (κ2) is 4.68. The van der Waals surface area contributed by atoms with E-state index in [1.54, 1.807) is 0 Å². The summed E-state index contributed by atoms with van der Waals surface area (Å²) in [6.45, 7) is 2.96. The number of halogens is 1. The topological polar surface area (TPSA) is 48.1 Å². The van der Waals surface area contributed by atoms with E-state index in [1.165, 1.54) is 0 Å². The van der Waals surface area contributed by atoms with Gasteiger partial charge in [-0.25, -0.2) is 0 Å². The van der Waals surface area contributed by atoms with E-state index in [2.05, 4.69) is 4.98 Å². The number of nitrogens with zero attached hydrogens (tertiary/aromatic N) is 1. The van der Waals surface area contributed by atoms with E-state index in [4.69, 9.17) is 22.1 Å². The standard InChI is InChI=1S/C12H13ClN2O/c1-2-16-12-6-9(7-14)15-11-5-8(13)3-4-10(11)12/h3-6H,2,7,14H2,1H3. The van der Waals surface area contributed by atoms with Crippen LogP contribution < -0.4 is 10.5 Å². The molecule has 0 atom stereocenters. The van der Waals surface area contributed by atoms with Crippen LogP contribution in [-0.4, -0.2) is 11.6 Å². The lowest BCUT2D eigenvalue weighted by Crippen LogP contribution is -2.02. The molecule has 0 radical (unpaired) electrons. The summed E-state index contributed by atoms with van der Waals surface area (Å²) in [5, 5.41) is 1.63. The quantitative estimate of drug-likeness (QED) is 0.892. The molecular formula is C12H13ClN2O. The van der Waals surface area contributed by atoms with Crippen molar-refractivity contribution in [3.8, 4) is 5.75 Å². The molecule has 0 aliphatic carbocycles. The molecule has 1 aromatic carbocycles. The third-order valence-corrected chi connectivity index (χ3v) is 2.53. The number of fused-ring (bicyclic) bond motifs is 1. The summed E-state index contributed by atoms with van der Waals surface area (Å²) in [7, 11) is 0. The van der Waals surface area contributed by atoms with Gasteiger partial charge in [-0.2, -0.15) is 0 Å². The molecule has 0 bridgehead atoms. The fourth-order valence-corrected chi connectivity index (χ4v) is 1.77. The summed E-state index contributed by atoms with van der Waals surface area (Å²) in [5.74, 6) is 0.810. The highest BCUT2D eigenvalue weighted by atomic mass is 35.5. The average Bonchev–Trinajstić information content (AvgIpc) is 2.28. The van der Waals surface area contributed by atoms with Crippen LogP contribution in [0.5, 0.6) is 5.75 Å². The van der Waals surface area contributed by atoms with E-state index in [0.717, 1.165) is 22.3 Å². The first-order valence-electron chi connectivity index (χ1n) is 5.16. The molecule has 4 heteroatoms. The second-order valence-corrected chi connectivity index (χ2v) is 3.85. The number of ether oxygens (including phenoxy) is 1. The molecule has 0 spiro atoms. The molecule has 0 unspecified atom stereocenters. The van der Waals surface area contributed by atoms with Gasteiger partial charge in [-0.15, -0.1) is 0 Å². The zero-order valence-electron chi connectivity index (χ0n) is 9.03. The van der Waals surface area contributed by atoms with E-state index in [9.17, 15) is 0 Å². The molecule has 0 saturated carbocycles. The molecule has 2 aromatic rings. The van der Waals surface area contributed by atoms with Crippen molar-refractivity contribution < 1.29 is 4.74 Å². The van der Waals surface area contributed by atoms with Crippen molar-refractivity contribution in [1.29, 1.82) is 0 Å². The van der Waals surface area contributed by atoms with Gasteiger partial charge in [-0.05, 0) is 25.1 Å². The Bertz CT molecular complexity index is 514. The lowest BCUT2D eigenvalue weighted by molar-refractivity contribution is 0.343. The number of rotatable bonds is 3. The summed E-state index contributed by atoms with van der Waals surface area (Å²) in [6, 6.07) is 7.43. The van der Waals surface area contributed by atoms with Crippen LogP contribution in [0.2, 0.25) is 5.02 Å². The van der Waals surface area contributed by atoms with Crippen LogP contribution >= 0.6 is 11.6 Å². The first-order chi connectivity index (χ1) is 7.74. The lowest BCUT2D eigenvalue weighted by atomic mass is 10.2. The Labute approximate surface area is 99.2 Å². The Balaban J connectivity index is 2.66. The first kappa shape index (κ1) is 11.2. The molecular weight excluding hydrogens is 224 g/mol. The lowest BCUT2D eigenvalue weighted by Gasteiger charge is -2.09. The zero-order chi connectivity index (χ0) is 11.5. The van der Waals surface area contributed by atoms with Crippen LogP contribution in [0, 0.1) is 0 Å². The van der Waals surface area contributed by atoms with E-state index in [0.29, 0.717) is 18.2 Å². The van der Waals surface area contributed by atoms with Crippen LogP contribution in [0.15, 0.2) is 24.3 Å². The van der Waals surface area contributed by atoms with Gasteiger partial charge < -0.3 is 10.5 Å². The summed E-state index contributed by atoms with van der Waals surface area (Å²) >= 11 is 5.93. The first-order valence-corrected chi connectivity index (χ1v) is 5.54. The predicted octanol–water partition coefficient (Wildman–Crippen LogP) is 2.75. The zero-order valence-corrected chi connectivity index (χ0v) is 9.79. The molecule has 1 heterocycles. The van der Waals surface area contributed by atoms with Gasteiger partial charge in [0.05, 0.1) is 17.8 Å². The van der Waals surface area contributed by atoms with E-state index in [-0.39, 0.29) is 0 Å². The number of benzene rings is 1. The third kappa shape index (κ3) is 2.10. The van der Waals surface area contributed by atoms with Gasteiger partial charge in [0.1, 0.15) is 5.75 Å². The molecule has 84 valence electrons. The van der Waals surface area contributed by atoms with Gasteiger partial charge in [0, 0.05) is 23.0 Å². The molecule has 1 aromatic heterocycles. The molecule has 2 N–H and O–H groups in total. The summed E-state index contributed by atoms with van der Waals surface area (Å²) in [4.78, 5) is 4.41. The Hall–Kier alpha value is -1.32. The smallest absolute Gasteiger partial charge is 0.130 e. The third-order valence-electron chi connectivity index (χ3n) is 2.30. The van der Waals surface area contributed by atoms with Crippen molar-refractivity contribution >= 4 is 22.5 Å². The minimum absolute atomic E-state index is 0.391. The summed E-state index contributed by atoms with van der Waals surface area (Å²) in [6.07, 6.45) is 0. The Morgan fingerprint density at radius 2 is 2.19 bits per heavy atom. The highest BCUT2D eigenvalue weighted by Gasteiger charge is 2.06. The van der Waals surface area contributed by atoms with E-state index < -0.39 is 0 Å². The highest BCUT2D eigenvalue weighted by Crippen LogP contribution is 2.27. The maximum absolute atomic E-state index is 5.93. The van der Waals surface area contributed by atoms with Crippen molar-refractivity contribution in [2.75, 3.05) is 6.61 Å². The highest BCUT2D eigenvalue weighted by molar-refractivity contribution is 6.31. The van der Waals surface area contributed by atoms with E-state index in [1.807, 2.05) is 31.2 Å². The van der Waals surface area contributed by atoms with Gasteiger partial charge in [-0.1, -0.05) is 11.6 Å². The predicted molar refractivity (Wildman–Crippen MR) is 65.8 cm³/mol. The van der Waals surface area contributed by atoms with Crippen LogP contribution in [0.25, 0.3) is 10.9 Å². The molecule has 0 aliphatic rings. The molecule has 0 fully saturated rings. The van der Waals surface area contributed by atoms with Crippen LogP contribution in [0.3, 0.4) is 0 Å². The van der Waals surface area contributed by atoms with Crippen molar-refractivity contribution in [2.24, 2.45) is 5.73 Å². The molecule has 0 amide bonds. The molecule has 0 aliphatic heterocycles. The van der Waals surface area contributed by atoms with Crippen LogP contribution in [0.1, 0.15) is 12.6 Å². The van der Waals surface area contributed by atoms with Crippen molar-refractivity contribution in [1.82, 2.24) is 4.98 Å². The largest absolute Gasteiger partial charge is 0.493 e. The van der Waals surface area contributed by atoms with Gasteiger partial charge >= 0.3 is 0 Å². The average molecular weight is 237 g/mol. The fourth-order valence-electron chi connectivity index (χ4n) is 1.60. The van der Waals surface area contributed by atoms with Crippen LogP contribution in [0.4, 0.5) is 0 Å². The minimum atomic E-state index is 0.391. The maximum Gasteiger partial charge on any atom is 0.130 e. The number of hydrogen-bond acceptors (Lipinski definition) is 3. The van der Waals surface area contributed by atoms with Crippen molar-refractivity contribution in [3.63, 3.8) is 0 Å². The second-order valence-electron chi connectivity index (χ2n) is 3.41. The maximum atomic E-state index is 5.93. The van der Waals surface area contributed by atoms with Gasteiger partial charge in [0.15, 0.2) is 0 Å². The van der Waals surface area contributed by atoms with Crippen LogP contribution in [-0.2, 0) is 6.54 Å². The summed E-state index contributed by atoms with van der Waals surface area (Å²) in [5.41, 5.74) is 7.22. The summed E-state index contributed by atoms with van der Waals surface area (Å²) < 4.78 is 5.56. The molecule has 0 saturated heterocycles. The number of nitrogens with two attached hydrogens (primary N) is 1. The van der Waals surface area contributed by atoms with Gasteiger partial charge in [0.25, 0.3) is 0 Å². The van der Waals surface area contributed by atoms with Gasteiger partial charge in [0.2, 0.25) is 0 Å². The molecule has 3 nitrogen and oxygen atoms in total. The van der Waals surface area contributed by atoms with Crippen molar-refractivity contribution in [2.45, 2.75) is 13.5 Å². The monoisotopic (exact) mass is 236 g/mol. The van der Waals surface area contributed by atoms with E-state index >= 15 is 0 Å². The molecule has 2 rings (SSSR count). The number of pyridine rings is 1. The van der Waals surface area contributed by atoms with Crippen molar-refractivity contribution in [3.05, 3.63) is 35.0 Å². The minimum Gasteiger partial charge on any atom is -0.493 e. The Morgan fingerprint density at radius 1 is 1.38 bits per heavy atom. The Kier molecular flexibility index (Phi) is 3.27. The molecule has 16 heavy (non-hydrogen) atoms. The van der Waals surface area contributed by atoms with Gasteiger partial charge in [-0.3, -0.25) is 4.98 Å². The Morgan fingerprint density at radius 3 is 2.88 bits per heavy atom. The number of aromatic nitrogens is 1.